The molecule has 1 unspecified atom stereocenters. The van der Waals surface area contributed by atoms with Crippen LogP contribution in [0.25, 0.3) is 0 Å². The number of nitrogens with zero attached hydrogens (tertiary/aromatic N) is 1. The topological polar surface area (TPSA) is 30.0 Å². The number of carbonyl (C=O) groups excluding carboxylic acids is 1. The molecule has 0 aliphatic rings. The van der Waals surface area contributed by atoms with Gasteiger partial charge in [0.1, 0.15) is 0 Å². The molecule has 0 saturated carbocycles. The van der Waals surface area contributed by atoms with E-state index in [1.54, 1.807) is 6.20 Å². The smallest absolute Gasteiger partial charge is 0.417 e. The van der Waals surface area contributed by atoms with Gasteiger partial charge in [0.15, 0.2) is 0 Å². The molecule has 1 heterocycles. The van der Waals surface area contributed by atoms with Crippen LogP contribution in [0, 0.1) is 6.92 Å². The molecule has 1 atom stereocenters. The van der Waals surface area contributed by atoms with Gasteiger partial charge in [-0.1, -0.05) is 61.5 Å². The molecule has 0 bridgehead atoms. The van der Waals surface area contributed by atoms with E-state index in [9.17, 15) is 4.79 Å². The summed E-state index contributed by atoms with van der Waals surface area (Å²) in [6, 6.07) is 10.3. The summed E-state index contributed by atoms with van der Waals surface area (Å²) < 4.78 is 0. The van der Waals surface area contributed by atoms with Crippen molar-refractivity contribution >= 4 is 17.6 Å². The summed E-state index contributed by atoms with van der Waals surface area (Å²) in [5.41, 5.74) is 1.30. The van der Waals surface area contributed by atoms with Crippen LogP contribution in [0.15, 0.2) is 36.5 Å². The van der Waals surface area contributed by atoms with Crippen LogP contribution in [0.2, 0.25) is 0 Å². The zero-order chi connectivity index (χ0) is 14.3. The summed E-state index contributed by atoms with van der Waals surface area (Å²) >= 11 is 1.41. The third kappa shape index (κ3) is 7.25. The van der Waals surface area contributed by atoms with Crippen molar-refractivity contribution in [2.24, 2.45) is 0 Å². The van der Waals surface area contributed by atoms with Crippen molar-refractivity contribution in [3.63, 3.8) is 0 Å². The molecular formula is C16H19KNOS-. The summed E-state index contributed by atoms with van der Waals surface area (Å²) in [5, 5.41) is 0.998. The minimum atomic E-state index is 0. The molecule has 20 heavy (non-hydrogen) atoms. The summed E-state index contributed by atoms with van der Waals surface area (Å²) in [4.78, 5) is 14.7. The van der Waals surface area contributed by atoms with Crippen molar-refractivity contribution in [2.75, 3.05) is 0 Å². The molecule has 0 amide bonds. The van der Waals surface area contributed by atoms with Gasteiger partial charge in [0.2, 0.25) is 0 Å². The second-order valence-corrected chi connectivity index (χ2v) is 5.69. The number of hydrogen-bond donors (Lipinski definition) is 0. The van der Waals surface area contributed by atoms with Gasteiger partial charge in [-0.05, 0) is 0 Å². The second-order valence-electron chi connectivity index (χ2n) is 4.63. The van der Waals surface area contributed by atoms with E-state index in [0.717, 1.165) is 5.01 Å². The van der Waals surface area contributed by atoms with E-state index in [4.69, 9.17) is 0 Å². The largest absolute Gasteiger partial charge is 1.00 e. The molecule has 0 saturated heterocycles. The van der Waals surface area contributed by atoms with Gasteiger partial charge in [0.25, 0.3) is 0 Å². The summed E-state index contributed by atoms with van der Waals surface area (Å²) in [6.45, 7) is 10.1. The first-order chi connectivity index (χ1) is 9.04. The number of thiazole rings is 1. The van der Waals surface area contributed by atoms with Gasteiger partial charge >= 0.3 is 51.4 Å². The zero-order valence-electron chi connectivity index (χ0n) is 12.6. The Kier molecular flexibility index (Phi) is 10.9. The van der Waals surface area contributed by atoms with Crippen LogP contribution in [-0.4, -0.2) is 11.3 Å². The van der Waals surface area contributed by atoms with Gasteiger partial charge < -0.3 is 16.7 Å². The Labute approximate surface area is 168 Å². The average molecular weight is 312 g/mol. The minimum absolute atomic E-state index is 0. The third-order valence-electron chi connectivity index (χ3n) is 2.49. The van der Waals surface area contributed by atoms with Crippen molar-refractivity contribution in [3.05, 3.63) is 58.9 Å². The Morgan fingerprint density at radius 2 is 1.80 bits per heavy atom. The van der Waals surface area contributed by atoms with Gasteiger partial charge in [0.05, 0.1) is 5.01 Å². The maximum Gasteiger partial charge on any atom is 1.00 e. The molecule has 0 radical (unpaired) electrons. The average Bonchev–Trinajstić information content (AvgIpc) is 2.89. The van der Waals surface area contributed by atoms with E-state index in [2.05, 4.69) is 31.0 Å². The molecule has 0 fully saturated rings. The number of rotatable bonds is 3. The first-order valence-electron chi connectivity index (χ1n) is 6.26. The summed E-state index contributed by atoms with van der Waals surface area (Å²) in [6.07, 6.45) is 3.37. The van der Waals surface area contributed by atoms with Crippen molar-refractivity contribution in [1.29, 1.82) is 0 Å². The molecule has 102 valence electrons. The van der Waals surface area contributed by atoms with Crippen LogP contribution in [-0.2, 0) is 4.79 Å². The zero-order valence-corrected chi connectivity index (χ0v) is 16.5. The van der Waals surface area contributed by atoms with E-state index < -0.39 is 0 Å². The predicted molar refractivity (Wildman–Crippen MR) is 81.2 cm³/mol. The van der Waals surface area contributed by atoms with Crippen LogP contribution >= 0.6 is 11.3 Å². The Morgan fingerprint density at radius 1 is 1.20 bits per heavy atom. The number of hydrogen-bond acceptors (Lipinski definition) is 3. The molecule has 0 spiro atoms. The molecule has 0 N–H and O–H groups in total. The molecule has 2 aromatic rings. The normalized spacial score (nSPS) is 11.1. The van der Waals surface area contributed by atoms with Crippen molar-refractivity contribution in [3.8, 4) is 0 Å². The SMILES string of the molecule is CC(C)c1ncc([C-]=O)s1.[CH2-]C(C)c1ccccc1.[K+]. The monoisotopic (exact) mass is 312 g/mol. The number of benzene rings is 1. The van der Waals surface area contributed by atoms with E-state index in [-0.39, 0.29) is 51.4 Å². The predicted octanol–water partition coefficient (Wildman–Crippen LogP) is 1.35. The van der Waals surface area contributed by atoms with E-state index in [1.165, 1.54) is 16.9 Å². The first-order valence-corrected chi connectivity index (χ1v) is 7.08. The first kappa shape index (κ1) is 20.2. The van der Waals surface area contributed by atoms with Crippen LogP contribution in [0.5, 0.6) is 0 Å². The van der Waals surface area contributed by atoms with Gasteiger partial charge in [-0.25, -0.2) is 0 Å². The maximum atomic E-state index is 10.1. The van der Waals surface area contributed by atoms with Gasteiger partial charge in [-0.3, -0.25) is 0 Å². The third-order valence-corrected chi connectivity index (χ3v) is 3.68. The Morgan fingerprint density at radius 3 is 2.10 bits per heavy atom. The maximum absolute atomic E-state index is 10.1. The van der Waals surface area contributed by atoms with Crippen molar-refractivity contribution < 1.29 is 56.2 Å². The molecule has 1 aromatic carbocycles. The Balaban J connectivity index is 0.000000345. The van der Waals surface area contributed by atoms with Crippen LogP contribution in [0.4, 0.5) is 0 Å². The summed E-state index contributed by atoms with van der Waals surface area (Å²) in [5.74, 6) is 0.818. The second kappa shape index (κ2) is 10.8. The minimum Gasteiger partial charge on any atom is -0.417 e. The molecule has 0 aliphatic heterocycles. The Hall–Kier alpha value is 0.156. The van der Waals surface area contributed by atoms with E-state index in [1.807, 2.05) is 38.3 Å². The van der Waals surface area contributed by atoms with Crippen LogP contribution in [0.1, 0.15) is 48.1 Å². The van der Waals surface area contributed by atoms with Gasteiger partial charge in [-0.2, -0.15) is 11.3 Å². The van der Waals surface area contributed by atoms with Gasteiger partial charge in [-0.15, -0.1) is 12.1 Å². The number of aromatic nitrogens is 1. The molecular weight excluding hydrogens is 293 g/mol. The fraction of sp³-hybridized carbons (Fsp3) is 0.312. The van der Waals surface area contributed by atoms with Crippen molar-refractivity contribution in [2.45, 2.75) is 32.6 Å². The van der Waals surface area contributed by atoms with E-state index in [0.29, 0.717) is 16.7 Å². The molecule has 4 heteroatoms. The fourth-order valence-corrected chi connectivity index (χ4v) is 2.10. The van der Waals surface area contributed by atoms with Crippen LogP contribution in [0.3, 0.4) is 0 Å². The van der Waals surface area contributed by atoms with Crippen molar-refractivity contribution in [1.82, 2.24) is 4.98 Å². The van der Waals surface area contributed by atoms with Crippen LogP contribution < -0.4 is 51.4 Å². The van der Waals surface area contributed by atoms with Gasteiger partial charge in [0, 0.05) is 12.2 Å². The quantitative estimate of drug-likeness (QED) is 0.633. The molecule has 0 aliphatic carbocycles. The fourth-order valence-electron chi connectivity index (χ4n) is 1.38. The molecule has 2 rings (SSSR count). The van der Waals surface area contributed by atoms with E-state index >= 15 is 0 Å². The Bertz CT molecular complexity index is 494. The molecule has 1 aromatic heterocycles. The molecule has 2 nitrogen and oxygen atoms in total. The summed E-state index contributed by atoms with van der Waals surface area (Å²) in [7, 11) is 0. The standard InChI is InChI=1S/C9H11.C7H8NOS.K/c1-8(2)9-6-4-3-5-7-9;1-5(2)7-8-3-6(4-9)10-7;/h3-8H,1H2,2H3;3,5H,1-2H3;/q2*-1;+1.